The second-order valence-corrected chi connectivity index (χ2v) is 4.71. The highest BCUT2D eigenvalue weighted by Crippen LogP contribution is 2.25. The molecule has 0 aliphatic heterocycles. The van der Waals surface area contributed by atoms with E-state index in [0.29, 0.717) is 12.2 Å². The molecule has 0 spiro atoms. The van der Waals surface area contributed by atoms with E-state index >= 15 is 0 Å². The van der Waals surface area contributed by atoms with E-state index in [2.05, 4.69) is 6.92 Å². The van der Waals surface area contributed by atoms with Crippen molar-refractivity contribution in [3.8, 4) is 5.75 Å². The topological polar surface area (TPSA) is 29.5 Å². The summed E-state index contributed by atoms with van der Waals surface area (Å²) in [4.78, 5) is -0.813. The van der Waals surface area contributed by atoms with Crippen LogP contribution in [0.5, 0.6) is 5.75 Å². The van der Waals surface area contributed by atoms with Gasteiger partial charge in [0, 0.05) is 0 Å². The fraction of sp³-hybridized carbons (Fsp3) is 0.500. The summed E-state index contributed by atoms with van der Waals surface area (Å²) >= 11 is 11.2. The van der Waals surface area contributed by atoms with Gasteiger partial charge in [0.15, 0.2) is 0 Å². The summed E-state index contributed by atoms with van der Waals surface area (Å²) in [6.07, 6.45) is 1.29. The zero-order valence-corrected chi connectivity index (χ0v) is 10.7. The van der Waals surface area contributed by atoms with Crippen molar-refractivity contribution in [1.29, 1.82) is 0 Å². The molecule has 0 aliphatic rings. The van der Waals surface area contributed by atoms with Crippen LogP contribution in [0.15, 0.2) is 24.3 Å². The van der Waals surface area contributed by atoms with Crippen LogP contribution in [-0.4, -0.2) is 16.5 Å². The molecule has 1 rings (SSSR count). The number of aliphatic hydroxyl groups excluding tert-OH is 1. The lowest BCUT2D eigenvalue weighted by molar-refractivity contribution is 0.192. The number of ether oxygens (including phenoxy) is 1. The maximum atomic E-state index is 9.60. The summed E-state index contributed by atoms with van der Waals surface area (Å²) in [6.45, 7) is 2.83. The largest absolute Gasteiger partial charge is 0.494 e. The molecule has 0 bridgehead atoms. The average Bonchev–Trinajstić information content (AvgIpc) is 2.29. The number of unbranched alkanes of at least 4 members (excludes halogenated alkanes) is 1. The number of halogens is 2. The molecule has 16 heavy (non-hydrogen) atoms. The first-order chi connectivity index (χ1) is 7.65. The Hall–Kier alpha value is -0.440. The standard InChI is InChI=1S/C12H16Cl2O2/c1-2-3-8-16-10-6-4-9(5-7-10)11(15)12(13)14/h4-7,11-12,15H,2-3,8H2,1H3. The Balaban J connectivity index is 2.54. The predicted molar refractivity (Wildman–Crippen MR) is 67.3 cm³/mol. The van der Waals surface area contributed by atoms with Crippen molar-refractivity contribution in [2.75, 3.05) is 6.61 Å². The molecule has 0 aromatic heterocycles. The van der Waals surface area contributed by atoms with Crippen LogP contribution in [0.25, 0.3) is 0 Å². The Morgan fingerprint density at radius 1 is 1.25 bits per heavy atom. The first-order valence-corrected chi connectivity index (χ1v) is 6.21. The summed E-state index contributed by atoms with van der Waals surface area (Å²) in [5.41, 5.74) is 0.692. The number of hydrogen-bond donors (Lipinski definition) is 1. The zero-order valence-electron chi connectivity index (χ0n) is 9.20. The van der Waals surface area contributed by atoms with E-state index in [1.54, 1.807) is 12.1 Å². The van der Waals surface area contributed by atoms with Crippen LogP contribution >= 0.6 is 23.2 Å². The number of benzene rings is 1. The van der Waals surface area contributed by atoms with Gasteiger partial charge in [-0.15, -0.1) is 23.2 Å². The van der Waals surface area contributed by atoms with E-state index in [1.807, 2.05) is 12.1 Å². The van der Waals surface area contributed by atoms with E-state index in [0.717, 1.165) is 18.6 Å². The van der Waals surface area contributed by atoms with Gasteiger partial charge >= 0.3 is 0 Å². The molecule has 0 amide bonds. The van der Waals surface area contributed by atoms with E-state index in [9.17, 15) is 5.11 Å². The Morgan fingerprint density at radius 3 is 2.38 bits per heavy atom. The quantitative estimate of drug-likeness (QED) is 0.626. The molecule has 0 aliphatic carbocycles. The molecule has 2 nitrogen and oxygen atoms in total. The highest BCUT2D eigenvalue weighted by molar-refractivity contribution is 6.44. The summed E-state index contributed by atoms with van der Waals surface area (Å²) in [5, 5.41) is 9.60. The van der Waals surface area contributed by atoms with Crippen molar-refractivity contribution in [3.05, 3.63) is 29.8 Å². The molecule has 90 valence electrons. The lowest BCUT2D eigenvalue weighted by atomic mass is 10.1. The molecule has 1 atom stereocenters. The van der Waals surface area contributed by atoms with Crippen LogP contribution in [0.4, 0.5) is 0 Å². The smallest absolute Gasteiger partial charge is 0.137 e. The summed E-state index contributed by atoms with van der Waals surface area (Å²) in [5.74, 6) is 0.796. The van der Waals surface area contributed by atoms with Crippen molar-refractivity contribution in [2.45, 2.75) is 30.7 Å². The molecular formula is C12H16Cl2O2. The molecule has 1 N–H and O–H groups in total. The monoisotopic (exact) mass is 262 g/mol. The van der Waals surface area contributed by atoms with Gasteiger partial charge < -0.3 is 9.84 Å². The molecule has 0 saturated carbocycles. The number of aliphatic hydroxyl groups is 1. The fourth-order valence-corrected chi connectivity index (χ4v) is 1.53. The van der Waals surface area contributed by atoms with E-state index < -0.39 is 10.9 Å². The summed E-state index contributed by atoms with van der Waals surface area (Å²) in [6, 6.07) is 7.15. The third-order valence-electron chi connectivity index (χ3n) is 2.23. The first-order valence-electron chi connectivity index (χ1n) is 5.34. The zero-order chi connectivity index (χ0) is 12.0. The van der Waals surface area contributed by atoms with Crippen LogP contribution in [0.1, 0.15) is 31.4 Å². The highest BCUT2D eigenvalue weighted by Gasteiger charge is 2.15. The molecule has 4 heteroatoms. The maximum Gasteiger partial charge on any atom is 0.137 e. The maximum absolute atomic E-state index is 9.60. The van der Waals surface area contributed by atoms with E-state index in [-0.39, 0.29) is 0 Å². The number of alkyl halides is 2. The highest BCUT2D eigenvalue weighted by atomic mass is 35.5. The van der Waals surface area contributed by atoms with Crippen molar-refractivity contribution in [1.82, 2.24) is 0 Å². The van der Waals surface area contributed by atoms with Crippen LogP contribution in [0.3, 0.4) is 0 Å². The minimum Gasteiger partial charge on any atom is -0.494 e. The van der Waals surface area contributed by atoms with Gasteiger partial charge in [-0.3, -0.25) is 0 Å². The van der Waals surface area contributed by atoms with Gasteiger partial charge in [0.05, 0.1) is 6.61 Å². The summed E-state index contributed by atoms with van der Waals surface area (Å²) in [7, 11) is 0. The van der Waals surface area contributed by atoms with Crippen LogP contribution < -0.4 is 4.74 Å². The van der Waals surface area contributed by atoms with E-state index in [4.69, 9.17) is 27.9 Å². The SMILES string of the molecule is CCCCOc1ccc(C(O)C(Cl)Cl)cc1. The number of hydrogen-bond acceptors (Lipinski definition) is 2. The van der Waals surface area contributed by atoms with Crippen LogP contribution in [0, 0.1) is 0 Å². The fourth-order valence-electron chi connectivity index (χ4n) is 1.24. The molecular weight excluding hydrogens is 247 g/mol. The Labute approximate surface area is 106 Å². The molecule has 1 aromatic rings. The van der Waals surface area contributed by atoms with Crippen molar-refractivity contribution < 1.29 is 9.84 Å². The van der Waals surface area contributed by atoms with Gasteiger partial charge in [0.1, 0.15) is 16.7 Å². The Bertz CT molecular complexity index is 298. The molecule has 0 heterocycles. The average molecular weight is 263 g/mol. The number of rotatable bonds is 6. The Kier molecular flexibility index (Phi) is 5.96. The predicted octanol–water partition coefficient (Wildman–Crippen LogP) is 3.70. The second-order valence-electron chi connectivity index (χ2n) is 3.55. The molecule has 1 unspecified atom stereocenters. The lowest BCUT2D eigenvalue weighted by Crippen LogP contribution is -2.05. The van der Waals surface area contributed by atoms with Gasteiger partial charge in [0.2, 0.25) is 0 Å². The Morgan fingerprint density at radius 2 is 1.88 bits per heavy atom. The molecule has 0 saturated heterocycles. The third kappa shape index (κ3) is 4.20. The minimum absolute atomic E-state index is 0.692. The van der Waals surface area contributed by atoms with Gasteiger partial charge in [-0.25, -0.2) is 0 Å². The van der Waals surface area contributed by atoms with Crippen LogP contribution in [0.2, 0.25) is 0 Å². The second kappa shape index (κ2) is 7.00. The minimum atomic E-state index is -0.854. The van der Waals surface area contributed by atoms with E-state index in [1.165, 1.54) is 0 Å². The molecule has 0 radical (unpaired) electrons. The lowest BCUT2D eigenvalue weighted by Gasteiger charge is -2.12. The molecule has 1 aromatic carbocycles. The van der Waals surface area contributed by atoms with Gasteiger partial charge in [-0.05, 0) is 24.1 Å². The van der Waals surface area contributed by atoms with Gasteiger partial charge in [-0.2, -0.15) is 0 Å². The third-order valence-corrected chi connectivity index (χ3v) is 2.70. The van der Waals surface area contributed by atoms with Gasteiger partial charge in [0.25, 0.3) is 0 Å². The molecule has 0 fully saturated rings. The van der Waals surface area contributed by atoms with Crippen molar-refractivity contribution >= 4 is 23.2 Å². The summed E-state index contributed by atoms with van der Waals surface area (Å²) < 4.78 is 5.49. The first kappa shape index (κ1) is 13.6. The van der Waals surface area contributed by atoms with Crippen molar-refractivity contribution in [3.63, 3.8) is 0 Å². The van der Waals surface area contributed by atoms with Gasteiger partial charge in [-0.1, -0.05) is 25.5 Å². The van der Waals surface area contributed by atoms with Crippen LogP contribution in [-0.2, 0) is 0 Å². The van der Waals surface area contributed by atoms with Crippen molar-refractivity contribution in [2.24, 2.45) is 0 Å². The normalized spacial score (nSPS) is 12.8.